The summed E-state index contributed by atoms with van der Waals surface area (Å²) in [7, 11) is 0. The summed E-state index contributed by atoms with van der Waals surface area (Å²) in [5.41, 5.74) is 0.443. The van der Waals surface area contributed by atoms with Crippen LogP contribution in [-0.2, 0) is 0 Å². The molecule has 1 heteroatoms. The van der Waals surface area contributed by atoms with E-state index >= 15 is 0 Å². The van der Waals surface area contributed by atoms with Crippen LogP contribution in [0.5, 0.6) is 0 Å². The summed E-state index contributed by atoms with van der Waals surface area (Å²) >= 11 is 6.10. The van der Waals surface area contributed by atoms with Gasteiger partial charge in [0.05, 0.1) is 0 Å². The van der Waals surface area contributed by atoms with Gasteiger partial charge in [0, 0.05) is 5.88 Å². The van der Waals surface area contributed by atoms with Crippen molar-refractivity contribution in [3.63, 3.8) is 0 Å². The van der Waals surface area contributed by atoms with Gasteiger partial charge in [-0.15, -0.1) is 11.6 Å². The Hall–Kier alpha value is 0.290. The van der Waals surface area contributed by atoms with Gasteiger partial charge >= 0.3 is 0 Å². The van der Waals surface area contributed by atoms with Crippen molar-refractivity contribution >= 4 is 11.6 Å². The SMILES string of the molecule is CCC(CC)CC(C)(CCl)C1CC1. The summed E-state index contributed by atoms with van der Waals surface area (Å²) < 4.78 is 0. The Labute approximate surface area is 88.1 Å². The molecule has 0 amide bonds. The van der Waals surface area contributed by atoms with Crippen LogP contribution in [0.2, 0.25) is 0 Å². The number of alkyl halides is 1. The molecule has 1 rings (SSSR count). The summed E-state index contributed by atoms with van der Waals surface area (Å²) in [6.07, 6.45) is 6.81. The average molecular weight is 203 g/mol. The van der Waals surface area contributed by atoms with Crippen LogP contribution in [-0.4, -0.2) is 5.88 Å². The van der Waals surface area contributed by atoms with Gasteiger partial charge in [0.1, 0.15) is 0 Å². The Bertz CT molecular complexity index is 147. The van der Waals surface area contributed by atoms with Gasteiger partial charge in [-0.2, -0.15) is 0 Å². The van der Waals surface area contributed by atoms with Crippen molar-refractivity contribution in [2.75, 3.05) is 5.88 Å². The first-order chi connectivity index (χ1) is 6.16. The molecule has 1 saturated carbocycles. The van der Waals surface area contributed by atoms with Crippen LogP contribution in [0.15, 0.2) is 0 Å². The third-order valence-electron chi connectivity index (χ3n) is 3.78. The van der Waals surface area contributed by atoms with Gasteiger partial charge in [0.25, 0.3) is 0 Å². The van der Waals surface area contributed by atoms with Crippen molar-refractivity contribution in [3.8, 4) is 0 Å². The summed E-state index contributed by atoms with van der Waals surface area (Å²) in [4.78, 5) is 0. The molecule has 1 unspecified atom stereocenters. The molecule has 0 aromatic heterocycles. The molecule has 1 atom stereocenters. The zero-order valence-corrected chi connectivity index (χ0v) is 10.0. The highest BCUT2D eigenvalue weighted by molar-refractivity contribution is 6.18. The Morgan fingerprint density at radius 3 is 2.15 bits per heavy atom. The first-order valence-corrected chi connectivity index (χ1v) is 6.25. The van der Waals surface area contributed by atoms with E-state index in [-0.39, 0.29) is 0 Å². The number of halogens is 1. The fraction of sp³-hybridized carbons (Fsp3) is 1.00. The molecule has 0 radical (unpaired) electrons. The smallest absolute Gasteiger partial charge is 0.0280 e. The number of hydrogen-bond donors (Lipinski definition) is 0. The maximum Gasteiger partial charge on any atom is 0.0280 e. The van der Waals surface area contributed by atoms with Crippen LogP contribution in [0.1, 0.15) is 52.9 Å². The molecule has 0 saturated heterocycles. The van der Waals surface area contributed by atoms with Crippen LogP contribution >= 0.6 is 11.6 Å². The highest BCUT2D eigenvalue weighted by Gasteiger charge is 2.41. The summed E-state index contributed by atoms with van der Waals surface area (Å²) in [6, 6.07) is 0. The molecule has 0 spiro atoms. The molecule has 13 heavy (non-hydrogen) atoms. The minimum Gasteiger partial charge on any atom is -0.126 e. The van der Waals surface area contributed by atoms with Crippen molar-refractivity contribution in [2.24, 2.45) is 17.3 Å². The largest absolute Gasteiger partial charge is 0.126 e. The third kappa shape index (κ3) is 2.87. The van der Waals surface area contributed by atoms with Crippen LogP contribution in [0.4, 0.5) is 0 Å². The molecule has 1 aliphatic rings. The summed E-state index contributed by atoms with van der Waals surface area (Å²) in [5.74, 6) is 2.68. The lowest BCUT2D eigenvalue weighted by Crippen LogP contribution is -2.24. The van der Waals surface area contributed by atoms with E-state index in [2.05, 4.69) is 20.8 Å². The van der Waals surface area contributed by atoms with Crippen molar-refractivity contribution in [2.45, 2.75) is 52.9 Å². The fourth-order valence-corrected chi connectivity index (χ4v) is 2.67. The van der Waals surface area contributed by atoms with Gasteiger partial charge in [-0.25, -0.2) is 0 Å². The minimum absolute atomic E-state index is 0.443. The fourth-order valence-electron chi connectivity index (χ4n) is 2.35. The average Bonchev–Trinajstić information content (AvgIpc) is 2.97. The summed E-state index contributed by atoms with van der Waals surface area (Å²) in [6.45, 7) is 6.99. The quantitative estimate of drug-likeness (QED) is 0.558. The van der Waals surface area contributed by atoms with E-state index in [0.29, 0.717) is 5.41 Å². The predicted molar refractivity (Wildman–Crippen MR) is 60.2 cm³/mol. The maximum absolute atomic E-state index is 6.10. The van der Waals surface area contributed by atoms with Gasteiger partial charge in [-0.05, 0) is 36.5 Å². The van der Waals surface area contributed by atoms with E-state index < -0.39 is 0 Å². The van der Waals surface area contributed by atoms with Gasteiger partial charge in [0.2, 0.25) is 0 Å². The van der Waals surface area contributed by atoms with Crippen molar-refractivity contribution in [1.82, 2.24) is 0 Å². The first-order valence-electron chi connectivity index (χ1n) is 5.72. The molecule has 1 aliphatic carbocycles. The molecule has 0 bridgehead atoms. The first kappa shape index (κ1) is 11.4. The maximum atomic E-state index is 6.10. The molecular weight excluding hydrogens is 180 g/mol. The van der Waals surface area contributed by atoms with Crippen LogP contribution in [0.3, 0.4) is 0 Å². The zero-order chi connectivity index (χ0) is 9.90. The number of rotatable bonds is 6. The molecule has 1 fully saturated rings. The lowest BCUT2D eigenvalue weighted by Gasteiger charge is -2.31. The highest BCUT2D eigenvalue weighted by atomic mass is 35.5. The molecule has 0 aliphatic heterocycles. The molecule has 78 valence electrons. The Kier molecular flexibility index (Phi) is 4.09. The Morgan fingerprint density at radius 1 is 1.31 bits per heavy atom. The molecular formula is C12H23Cl. The highest BCUT2D eigenvalue weighted by Crippen LogP contribution is 2.50. The second kappa shape index (κ2) is 4.68. The van der Waals surface area contributed by atoms with E-state index in [4.69, 9.17) is 11.6 Å². The molecule has 0 heterocycles. The Balaban J connectivity index is 2.45. The third-order valence-corrected chi connectivity index (χ3v) is 4.39. The molecule has 0 aromatic rings. The van der Waals surface area contributed by atoms with Crippen LogP contribution in [0, 0.1) is 17.3 Å². The van der Waals surface area contributed by atoms with Crippen LogP contribution in [0.25, 0.3) is 0 Å². The van der Waals surface area contributed by atoms with Gasteiger partial charge in [0.15, 0.2) is 0 Å². The van der Waals surface area contributed by atoms with E-state index in [1.165, 1.54) is 32.1 Å². The van der Waals surface area contributed by atoms with Crippen molar-refractivity contribution < 1.29 is 0 Å². The lowest BCUT2D eigenvalue weighted by molar-refractivity contribution is 0.225. The van der Waals surface area contributed by atoms with Crippen molar-refractivity contribution in [3.05, 3.63) is 0 Å². The van der Waals surface area contributed by atoms with E-state index in [9.17, 15) is 0 Å². The van der Waals surface area contributed by atoms with Crippen LogP contribution < -0.4 is 0 Å². The normalized spacial score (nSPS) is 21.9. The molecule has 0 N–H and O–H groups in total. The van der Waals surface area contributed by atoms with E-state index in [1.54, 1.807) is 0 Å². The minimum atomic E-state index is 0.443. The van der Waals surface area contributed by atoms with E-state index in [1.807, 2.05) is 0 Å². The lowest BCUT2D eigenvalue weighted by atomic mass is 9.77. The molecule has 0 aromatic carbocycles. The van der Waals surface area contributed by atoms with Crippen molar-refractivity contribution in [1.29, 1.82) is 0 Å². The number of hydrogen-bond acceptors (Lipinski definition) is 0. The predicted octanol–water partition coefficient (Wildman–Crippen LogP) is 4.47. The van der Waals surface area contributed by atoms with E-state index in [0.717, 1.165) is 17.7 Å². The standard InChI is InChI=1S/C12H23Cl/c1-4-10(5-2)8-12(3,9-13)11-6-7-11/h10-11H,4-9H2,1-3H3. The zero-order valence-electron chi connectivity index (χ0n) is 9.28. The van der Waals surface area contributed by atoms with Gasteiger partial charge in [-0.3, -0.25) is 0 Å². The van der Waals surface area contributed by atoms with Gasteiger partial charge < -0.3 is 0 Å². The monoisotopic (exact) mass is 202 g/mol. The summed E-state index contributed by atoms with van der Waals surface area (Å²) in [5, 5.41) is 0. The Morgan fingerprint density at radius 2 is 1.85 bits per heavy atom. The second-order valence-corrected chi connectivity index (χ2v) is 5.22. The molecule has 0 nitrogen and oxygen atoms in total. The van der Waals surface area contributed by atoms with Gasteiger partial charge in [-0.1, -0.05) is 33.6 Å². The topological polar surface area (TPSA) is 0 Å². The second-order valence-electron chi connectivity index (χ2n) is 4.95.